The topological polar surface area (TPSA) is 75.3 Å². The minimum absolute atomic E-state index is 0.00415. The zero-order chi connectivity index (χ0) is 16.1. The van der Waals surface area contributed by atoms with E-state index in [-0.39, 0.29) is 23.5 Å². The lowest BCUT2D eigenvalue weighted by Crippen LogP contribution is -2.27. The molecule has 2 atom stereocenters. The highest BCUT2D eigenvalue weighted by molar-refractivity contribution is 7.85. The number of nitrogens with one attached hydrogen (secondary N) is 2. The lowest BCUT2D eigenvalue weighted by Gasteiger charge is -2.12. The molecule has 2 amide bonds. The van der Waals surface area contributed by atoms with Crippen LogP contribution >= 0.6 is 0 Å². The van der Waals surface area contributed by atoms with E-state index < -0.39 is 10.8 Å². The highest BCUT2D eigenvalue weighted by Crippen LogP contribution is 2.37. The van der Waals surface area contributed by atoms with Crippen molar-refractivity contribution >= 4 is 28.3 Å². The summed E-state index contributed by atoms with van der Waals surface area (Å²) < 4.78 is 12.2. The van der Waals surface area contributed by atoms with Crippen LogP contribution in [0.3, 0.4) is 0 Å². The maximum atomic E-state index is 12.2. The maximum absolute atomic E-state index is 12.2. The van der Waals surface area contributed by atoms with Gasteiger partial charge in [0, 0.05) is 23.0 Å². The summed E-state index contributed by atoms with van der Waals surface area (Å²) in [6.45, 7) is 4.27. The van der Waals surface area contributed by atoms with Crippen molar-refractivity contribution in [2.24, 2.45) is 11.8 Å². The van der Waals surface area contributed by atoms with E-state index in [1.54, 1.807) is 24.3 Å². The molecule has 1 saturated carbocycles. The van der Waals surface area contributed by atoms with E-state index >= 15 is 0 Å². The van der Waals surface area contributed by atoms with Crippen molar-refractivity contribution in [1.82, 2.24) is 5.32 Å². The van der Waals surface area contributed by atoms with Gasteiger partial charge in [-0.15, -0.1) is 0 Å². The third-order valence-corrected chi connectivity index (χ3v) is 5.05. The Bertz CT molecular complexity index is 585. The first-order valence-electron chi connectivity index (χ1n) is 7.57. The smallest absolute Gasteiger partial charge is 0.232 e. The molecular formula is C16H22N2O3S. The Hall–Kier alpha value is -1.69. The molecule has 1 aromatic rings. The van der Waals surface area contributed by atoms with Crippen LogP contribution in [-0.4, -0.2) is 28.3 Å². The summed E-state index contributed by atoms with van der Waals surface area (Å²) in [6.07, 6.45) is 2.23. The normalized spacial score (nSPS) is 16.6. The zero-order valence-corrected chi connectivity index (χ0v) is 13.7. The molecule has 0 heterocycles. The maximum Gasteiger partial charge on any atom is 0.232 e. The van der Waals surface area contributed by atoms with Crippen LogP contribution in [0.1, 0.15) is 26.7 Å². The van der Waals surface area contributed by atoms with Crippen molar-refractivity contribution in [1.29, 1.82) is 0 Å². The van der Waals surface area contributed by atoms with Crippen LogP contribution in [0.25, 0.3) is 0 Å². The van der Waals surface area contributed by atoms with Gasteiger partial charge in [-0.1, -0.05) is 13.0 Å². The minimum Gasteiger partial charge on any atom is -0.356 e. The number of carbonyl (C=O) groups is 2. The van der Waals surface area contributed by atoms with Crippen LogP contribution in [0.15, 0.2) is 29.2 Å². The molecule has 120 valence electrons. The number of hydrogen-bond acceptors (Lipinski definition) is 3. The fraction of sp³-hybridized carbons (Fsp3) is 0.500. The Kier molecular flexibility index (Phi) is 5.71. The van der Waals surface area contributed by atoms with E-state index in [2.05, 4.69) is 10.6 Å². The van der Waals surface area contributed by atoms with Crippen LogP contribution < -0.4 is 10.6 Å². The number of anilines is 1. The fourth-order valence-corrected chi connectivity index (χ4v) is 3.23. The molecule has 2 rings (SSSR count). The SMILES string of the molecule is CCNC(=O)C[S@](=O)c1cccc(NC(=O)[C@@H](C)C2CC2)c1. The highest BCUT2D eigenvalue weighted by atomic mass is 32.2. The van der Waals surface area contributed by atoms with Gasteiger partial charge in [0.05, 0.1) is 10.8 Å². The summed E-state index contributed by atoms with van der Waals surface area (Å²) in [7, 11) is -1.41. The van der Waals surface area contributed by atoms with Gasteiger partial charge < -0.3 is 10.6 Å². The predicted molar refractivity (Wildman–Crippen MR) is 86.9 cm³/mol. The molecule has 1 aromatic carbocycles. The molecule has 1 fully saturated rings. The number of amides is 2. The number of rotatable bonds is 7. The van der Waals surface area contributed by atoms with Crippen molar-refractivity contribution in [3.8, 4) is 0 Å². The monoisotopic (exact) mass is 322 g/mol. The summed E-state index contributed by atoms with van der Waals surface area (Å²) in [5.41, 5.74) is 0.624. The molecule has 22 heavy (non-hydrogen) atoms. The lowest BCUT2D eigenvalue weighted by atomic mass is 10.1. The third kappa shape index (κ3) is 4.66. The first-order valence-corrected chi connectivity index (χ1v) is 8.89. The number of hydrogen-bond donors (Lipinski definition) is 2. The molecule has 0 radical (unpaired) electrons. The van der Waals surface area contributed by atoms with E-state index in [1.807, 2.05) is 13.8 Å². The van der Waals surface area contributed by atoms with Crippen LogP contribution in [0, 0.1) is 11.8 Å². The Morgan fingerprint density at radius 2 is 2.09 bits per heavy atom. The Morgan fingerprint density at radius 3 is 2.73 bits per heavy atom. The Morgan fingerprint density at radius 1 is 1.36 bits per heavy atom. The molecule has 5 nitrogen and oxygen atoms in total. The molecule has 0 bridgehead atoms. The Balaban J connectivity index is 1.98. The summed E-state index contributed by atoms with van der Waals surface area (Å²) in [6, 6.07) is 6.88. The van der Waals surface area contributed by atoms with Crippen molar-refractivity contribution in [3.05, 3.63) is 24.3 Å². The summed E-state index contributed by atoms with van der Waals surface area (Å²) >= 11 is 0. The van der Waals surface area contributed by atoms with Gasteiger partial charge in [-0.3, -0.25) is 13.8 Å². The molecule has 1 aliphatic rings. The molecule has 0 aliphatic heterocycles. The summed E-state index contributed by atoms with van der Waals surface area (Å²) in [4.78, 5) is 24.1. The summed E-state index contributed by atoms with van der Waals surface area (Å²) in [5, 5.41) is 5.49. The average molecular weight is 322 g/mol. The first kappa shape index (κ1) is 16.7. The third-order valence-electron chi connectivity index (χ3n) is 3.74. The lowest BCUT2D eigenvalue weighted by molar-refractivity contribution is -0.120. The first-order chi connectivity index (χ1) is 10.5. The predicted octanol–water partition coefficient (Wildman–Crippen LogP) is 1.91. The number of benzene rings is 1. The van der Waals surface area contributed by atoms with Gasteiger partial charge in [-0.25, -0.2) is 0 Å². The second-order valence-electron chi connectivity index (χ2n) is 5.59. The number of carbonyl (C=O) groups excluding carboxylic acids is 2. The summed E-state index contributed by atoms with van der Waals surface area (Å²) in [5.74, 6) is 0.190. The standard InChI is InChI=1S/C16H22N2O3S/c1-3-17-15(19)10-22(21)14-6-4-5-13(9-14)18-16(20)11(2)12-7-8-12/h4-6,9,11-12H,3,7-8,10H2,1-2H3,(H,17,19)(H,18,20)/t11-,22-/m0/s1. The van der Waals surface area contributed by atoms with Crippen molar-refractivity contribution in [2.75, 3.05) is 17.6 Å². The van der Waals surface area contributed by atoms with Gasteiger partial charge in [-0.05, 0) is 43.9 Å². The molecule has 0 spiro atoms. The molecular weight excluding hydrogens is 300 g/mol. The fourth-order valence-electron chi connectivity index (χ4n) is 2.23. The minimum atomic E-state index is -1.41. The van der Waals surface area contributed by atoms with E-state index in [9.17, 15) is 13.8 Å². The molecule has 6 heteroatoms. The van der Waals surface area contributed by atoms with Gasteiger partial charge in [0.1, 0.15) is 5.75 Å². The molecule has 0 aromatic heterocycles. The van der Waals surface area contributed by atoms with Gasteiger partial charge in [0.25, 0.3) is 0 Å². The van der Waals surface area contributed by atoms with Crippen molar-refractivity contribution in [2.45, 2.75) is 31.6 Å². The second kappa shape index (κ2) is 7.54. The Labute approximate surface area is 133 Å². The van der Waals surface area contributed by atoms with Crippen LogP contribution in [0.5, 0.6) is 0 Å². The molecule has 0 unspecified atom stereocenters. The van der Waals surface area contributed by atoms with Gasteiger partial charge in [0.2, 0.25) is 11.8 Å². The van der Waals surface area contributed by atoms with Crippen LogP contribution in [0.4, 0.5) is 5.69 Å². The van der Waals surface area contributed by atoms with Crippen LogP contribution in [0.2, 0.25) is 0 Å². The molecule has 0 saturated heterocycles. The van der Waals surface area contributed by atoms with Gasteiger partial charge in [-0.2, -0.15) is 0 Å². The van der Waals surface area contributed by atoms with Crippen LogP contribution in [-0.2, 0) is 20.4 Å². The average Bonchev–Trinajstić information content (AvgIpc) is 3.31. The van der Waals surface area contributed by atoms with E-state index in [0.29, 0.717) is 23.0 Å². The largest absolute Gasteiger partial charge is 0.356 e. The van der Waals surface area contributed by atoms with Gasteiger partial charge >= 0.3 is 0 Å². The van der Waals surface area contributed by atoms with Gasteiger partial charge in [0.15, 0.2) is 0 Å². The highest BCUT2D eigenvalue weighted by Gasteiger charge is 2.32. The van der Waals surface area contributed by atoms with E-state index in [4.69, 9.17) is 0 Å². The van der Waals surface area contributed by atoms with Crippen molar-refractivity contribution in [3.63, 3.8) is 0 Å². The van der Waals surface area contributed by atoms with E-state index in [0.717, 1.165) is 12.8 Å². The zero-order valence-electron chi connectivity index (χ0n) is 12.9. The molecule has 2 N–H and O–H groups in total. The molecule has 1 aliphatic carbocycles. The van der Waals surface area contributed by atoms with E-state index in [1.165, 1.54) is 0 Å². The van der Waals surface area contributed by atoms with Crippen molar-refractivity contribution < 1.29 is 13.8 Å². The quantitative estimate of drug-likeness (QED) is 0.805. The second-order valence-corrected chi connectivity index (χ2v) is 7.04.